The summed E-state index contributed by atoms with van der Waals surface area (Å²) in [6.07, 6.45) is 0. The van der Waals surface area contributed by atoms with Crippen LogP contribution >= 0.6 is 11.6 Å². The molecule has 0 heterocycles. The first-order valence-corrected chi connectivity index (χ1v) is 4.26. The van der Waals surface area contributed by atoms with Gasteiger partial charge in [0.1, 0.15) is 5.75 Å². The molecule has 4 heteroatoms. The monoisotopic (exact) mass is 201 g/mol. The van der Waals surface area contributed by atoms with Gasteiger partial charge in [-0.2, -0.15) is 0 Å². The Bertz CT molecular complexity index is 302. The maximum atomic E-state index is 8.57. The van der Waals surface area contributed by atoms with Crippen molar-refractivity contribution in [1.82, 2.24) is 5.48 Å². The number of hydroxylamine groups is 1. The largest absolute Gasteiger partial charge is 0.496 e. The van der Waals surface area contributed by atoms with Crippen LogP contribution in [0.1, 0.15) is 11.1 Å². The van der Waals surface area contributed by atoms with E-state index in [1.807, 2.05) is 13.0 Å². The maximum Gasteiger partial charge on any atom is 0.126 e. The molecular weight excluding hydrogens is 190 g/mol. The molecule has 0 radical (unpaired) electrons. The van der Waals surface area contributed by atoms with E-state index in [2.05, 4.69) is 5.48 Å². The number of aryl methyl sites for hydroxylation is 1. The lowest BCUT2D eigenvalue weighted by molar-refractivity contribution is 0.160. The van der Waals surface area contributed by atoms with Crippen molar-refractivity contribution in [3.8, 4) is 5.75 Å². The average molecular weight is 202 g/mol. The predicted molar refractivity (Wildman–Crippen MR) is 51.4 cm³/mol. The second-order valence-electron chi connectivity index (χ2n) is 2.75. The third kappa shape index (κ3) is 2.34. The van der Waals surface area contributed by atoms with Gasteiger partial charge in [0.15, 0.2) is 0 Å². The Hall–Kier alpha value is -0.770. The van der Waals surface area contributed by atoms with Gasteiger partial charge < -0.3 is 9.94 Å². The van der Waals surface area contributed by atoms with Crippen LogP contribution in [0, 0.1) is 6.92 Å². The molecule has 0 saturated carbocycles. The summed E-state index contributed by atoms with van der Waals surface area (Å²) in [5.74, 6) is 0.756. The third-order valence-corrected chi connectivity index (χ3v) is 2.01. The summed E-state index contributed by atoms with van der Waals surface area (Å²) in [5.41, 5.74) is 3.88. The van der Waals surface area contributed by atoms with Gasteiger partial charge in [0.2, 0.25) is 0 Å². The normalized spacial score (nSPS) is 10.2. The lowest BCUT2D eigenvalue weighted by Gasteiger charge is -2.11. The summed E-state index contributed by atoms with van der Waals surface area (Å²) >= 11 is 5.85. The second-order valence-corrected chi connectivity index (χ2v) is 3.19. The molecular formula is C9H12ClNO2. The van der Waals surface area contributed by atoms with Gasteiger partial charge in [-0.05, 0) is 24.6 Å². The number of rotatable bonds is 3. The summed E-state index contributed by atoms with van der Waals surface area (Å²) in [6, 6.07) is 3.58. The van der Waals surface area contributed by atoms with Crippen LogP contribution in [0.15, 0.2) is 12.1 Å². The Morgan fingerprint density at radius 2 is 2.23 bits per heavy atom. The molecule has 0 atom stereocenters. The topological polar surface area (TPSA) is 41.5 Å². The molecule has 0 unspecified atom stereocenters. The van der Waals surface area contributed by atoms with Gasteiger partial charge in [0.25, 0.3) is 0 Å². The zero-order valence-electron chi connectivity index (χ0n) is 7.60. The zero-order chi connectivity index (χ0) is 9.84. The number of methoxy groups -OCH3 is 1. The van der Waals surface area contributed by atoms with Crippen LogP contribution in [-0.4, -0.2) is 12.3 Å². The SMILES string of the molecule is COc1c(C)cc(Cl)cc1CNO. The average Bonchev–Trinajstić information content (AvgIpc) is 2.04. The minimum absolute atomic E-state index is 0.324. The van der Waals surface area contributed by atoms with Crippen LogP contribution in [0.25, 0.3) is 0 Å². The molecule has 0 bridgehead atoms. The van der Waals surface area contributed by atoms with Crippen LogP contribution in [0.2, 0.25) is 5.02 Å². The molecule has 1 aromatic carbocycles. The van der Waals surface area contributed by atoms with E-state index in [4.69, 9.17) is 21.5 Å². The summed E-state index contributed by atoms with van der Waals surface area (Å²) in [7, 11) is 1.59. The molecule has 0 aliphatic rings. The molecule has 0 amide bonds. The summed E-state index contributed by atoms with van der Waals surface area (Å²) < 4.78 is 5.17. The first kappa shape index (κ1) is 10.3. The van der Waals surface area contributed by atoms with Crippen molar-refractivity contribution in [2.45, 2.75) is 13.5 Å². The van der Waals surface area contributed by atoms with E-state index in [9.17, 15) is 0 Å². The van der Waals surface area contributed by atoms with Crippen LogP contribution in [0.4, 0.5) is 0 Å². The number of ether oxygens (including phenoxy) is 1. The molecule has 2 N–H and O–H groups in total. The summed E-state index contributed by atoms with van der Waals surface area (Å²) in [5, 5.41) is 9.21. The molecule has 0 aliphatic carbocycles. The Morgan fingerprint density at radius 3 is 2.77 bits per heavy atom. The highest BCUT2D eigenvalue weighted by molar-refractivity contribution is 6.30. The fourth-order valence-electron chi connectivity index (χ4n) is 1.31. The minimum atomic E-state index is 0.324. The van der Waals surface area contributed by atoms with Gasteiger partial charge in [-0.15, -0.1) is 0 Å². The van der Waals surface area contributed by atoms with E-state index in [0.29, 0.717) is 11.6 Å². The zero-order valence-corrected chi connectivity index (χ0v) is 8.35. The molecule has 0 spiro atoms. The first-order chi connectivity index (χ1) is 6.19. The van der Waals surface area contributed by atoms with E-state index >= 15 is 0 Å². The van der Waals surface area contributed by atoms with Gasteiger partial charge in [-0.1, -0.05) is 11.6 Å². The molecule has 1 aromatic rings. The van der Waals surface area contributed by atoms with Crippen LogP contribution in [0.5, 0.6) is 5.75 Å². The van der Waals surface area contributed by atoms with E-state index in [0.717, 1.165) is 16.9 Å². The highest BCUT2D eigenvalue weighted by atomic mass is 35.5. The maximum absolute atomic E-state index is 8.57. The Labute approximate surface area is 82.2 Å². The van der Waals surface area contributed by atoms with E-state index in [-0.39, 0.29) is 0 Å². The predicted octanol–water partition coefficient (Wildman–Crippen LogP) is 2.14. The van der Waals surface area contributed by atoms with Crippen LogP contribution < -0.4 is 10.2 Å². The lowest BCUT2D eigenvalue weighted by Crippen LogP contribution is -2.08. The number of benzene rings is 1. The smallest absolute Gasteiger partial charge is 0.126 e. The van der Waals surface area contributed by atoms with Gasteiger partial charge in [0.05, 0.1) is 7.11 Å². The number of nitrogens with one attached hydrogen (secondary N) is 1. The molecule has 0 saturated heterocycles. The molecule has 1 rings (SSSR count). The van der Waals surface area contributed by atoms with Gasteiger partial charge in [-0.3, -0.25) is 0 Å². The molecule has 13 heavy (non-hydrogen) atoms. The standard InChI is InChI=1S/C9H12ClNO2/c1-6-3-8(10)4-7(5-11-12)9(6)13-2/h3-4,11-12H,5H2,1-2H3. The minimum Gasteiger partial charge on any atom is -0.496 e. The van der Waals surface area contributed by atoms with Crippen molar-refractivity contribution < 1.29 is 9.94 Å². The molecule has 3 nitrogen and oxygen atoms in total. The van der Waals surface area contributed by atoms with Crippen LogP contribution in [0.3, 0.4) is 0 Å². The number of halogens is 1. The van der Waals surface area contributed by atoms with E-state index in [1.165, 1.54) is 0 Å². The van der Waals surface area contributed by atoms with Crippen molar-refractivity contribution >= 4 is 11.6 Å². The van der Waals surface area contributed by atoms with Gasteiger partial charge >= 0.3 is 0 Å². The van der Waals surface area contributed by atoms with Crippen molar-refractivity contribution in [2.24, 2.45) is 0 Å². The first-order valence-electron chi connectivity index (χ1n) is 3.89. The van der Waals surface area contributed by atoms with Crippen LogP contribution in [-0.2, 0) is 6.54 Å². The summed E-state index contributed by atoms with van der Waals surface area (Å²) in [6.45, 7) is 2.23. The van der Waals surface area contributed by atoms with E-state index in [1.54, 1.807) is 13.2 Å². The fraction of sp³-hybridized carbons (Fsp3) is 0.333. The number of hydrogen-bond donors (Lipinski definition) is 2. The van der Waals surface area contributed by atoms with Gasteiger partial charge in [0, 0.05) is 17.1 Å². The van der Waals surface area contributed by atoms with E-state index < -0.39 is 0 Å². The highest BCUT2D eigenvalue weighted by Crippen LogP contribution is 2.27. The third-order valence-electron chi connectivity index (χ3n) is 1.79. The summed E-state index contributed by atoms with van der Waals surface area (Å²) in [4.78, 5) is 0. The van der Waals surface area contributed by atoms with Crippen molar-refractivity contribution in [2.75, 3.05) is 7.11 Å². The van der Waals surface area contributed by atoms with Gasteiger partial charge in [-0.25, -0.2) is 5.48 Å². The Balaban J connectivity index is 3.13. The van der Waals surface area contributed by atoms with Crippen molar-refractivity contribution in [1.29, 1.82) is 0 Å². The fourth-order valence-corrected chi connectivity index (χ4v) is 1.60. The van der Waals surface area contributed by atoms with Crippen molar-refractivity contribution in [3.05, 3.63) is 28.3 Å². The lowest BCUT2D eigenvalue weighted by atomic mass is 10.1. The number of hydrogen-bond acceptors (Lipinski definition) is 3. The quantitative estimate of drug-likeness (QED) is 0.737. The highest BCUT2D eigenvalue weighted by Gasteiger charge is 2.07. The second kappa shape index (κ2) is 4.46. The Kier molecular flexibility index (Phi) is 3.54. The Morgan fingerprint density at radius 1 is 1.54 bits per heavy atom. The molecule has 0 aliphatic heterocycles. The molecule has 72 valence electrons. The molecule has 0 aromatic heterocycles. The van der Waals surface area contributed by atoms with Crippen molar-refractivity contribution in [3.63, 3.8) is 0 Å². The molecule has 0 fully saturated rings.